The number of nitrogens with one attached hydrogen (secondary N) is 2. The van der Waals surface area contributed by atoms with Gasteiger partial charge in [-0.25, -0.2) is 5.10 Å². The van der Waals surface area contributed by atoms with Gasteiger partial charge in [0.2, 0.25) is 6.79 Å². The fraction of sp³-hybridized carbons (Fsp3) is 0.353. The lowest BCUT2D eigenvalue weighted by molar-refractivity contribution is -0.917. The van der Waals surface area contributed by atoms with Crippen molar-refractivity contribution in [1.82, 2.24) is 15.1 Å². The molecule has 1 fully saturated rings. The molecule has 0 atom stereocenters. The Morgan fingerprint density at radius 3 is 2.72 bits per heavy atom. The van der Waals surface area contributed by atoms with Gasteiger partial charge in [-0.05, 0) is 24.3 Å². The summed E-state index contributed by atoms with van der Waals surface area (Å²) in [4.78, 5) is 26.6. The first-order chi connectivity index (χ1) is 12.2. The molecule has 0 unspecified atom stereocenters. The molecule has 1 amide bonds. The van der Waals surface area contributed by atoms with Gasteiger partial charge >= 0.3 is 0 Å². The van der Waals surface area contributed by atoms with Crippen LogP contribution < -0.4 is 19.9 Å². The number of quaternary nitrogens is 1. The second-order valence-corrected chi connectivity index (χ2v) is 6.21. The van der Waals surface area contributed by atoms with Crippen molar-refractivity contribution in [3.8, 4) is 11.5 Å². The van der Waals surface area contributed by atoms with Crippen molar-refractivity contribution in [3.05, 3.63) is 51.9 Å². The van der Waals surface area contributed by atoms with E-state index in [1.807, 2.05) is 12.1 Å². The van der Waals surface area contributed by atoms with Gasteiger partial charge in [-0.1, -0.05) is 0 Å². The fourth-order valence-electron chi connectivity index (χ4n) is 3.17. The maximum Gasteiger partial charge on any atom is 0.274 e. The number of benzene rings is 1. The van der Waals surface area contributed by atoms with Crippen LogP contribution in [0.15, 0.2) is 35.1 Å². The fourth-order valence-corrected chi connectivity index (χ4v) is 3.17. The third-order valence-electron chi connectivity index (χ3n) is 4.55. The summed E-state index contributed by atoms with van der Waals surface area (Å²) >= 11 is 0. The first kappa shape index (κ1) is 15.6. The highest BCUT2D eigenvalue weighted by Crippen LogP contribution is 2.32. The molecule has 1 saturated heterocycles. The number of nitrogens with zero attached hydrogens (tertiary/aromatic N) is 2. The molecule has 0 radical (unpaired) electrons. The molecule has 25 heavy (non-hydrogen) atoms. The molecule has 4 rings (SSSR count). The highest BCUT2D eigenvalue weighted by molar-refractivity contribution is 5.92. The van der Waals surface area contributed by atoms with Crippen molar-refractivity contribution in [3.63, 3.8) is 0 Å². The minimum Gasteiger partial charge on any atom is -0.454 e. The summed E-state index contributed by atoms with van der Waals surface area (Å²) in [5, 5.41) is 6.11. The van der Waals surface area contributed by atoms with Gasteiger partial charge in [0, 0.05) is 11.6 Å². The number of fused-ring (bicyclic) bond motifs is 1. The molecule has 0 aliphatic carbocycles. The SMILES string of the molecule is O=C(c1ccc(=O)[nH]n1)N1CC[NH+](Cc2ccc3c(c2)OCO3)CC1. The Morgan fingerprint density at radius 1 is 1.16 bits per heavy atom. The Hall–Kier alpha value is -2.87. The number of aromatic nitrogens is 2. The van der Waals surface area contributed by atoms with Gasteiger partial charge in [0.05, 0.1) is 26.2 Å². The van der Waals surface area contributed by atoms with Crippen LogP contribution in [0.1, 0.15) is 16.1 Å². The topological polar surface area (TPSA) is 89.0 Å². The monoisotopic (exact) mass is 343 g/mol. The number of ether oxygens (including phenoxy) is 2. The maximum atomic E-state index is 12.4. The number of carbonyl (C=O) groups excluding carboxylic acids is 1. The second kappa shape index (κ2) is 6.56. The van der Waals surface area contributed by atoms with Crippen LogP contribution in [-0.2, 0) is 6.54 Å². The summed E-state index contributed by atoms with van der Waals surface area (Å²) in [7, 11) is 0. The van der Waals surface area contributed by atoms with E-state index >= 15 is 0 Å². The van der Waals surface area contributed by atoms with Crippen LogP contribution in [-0.4, -0.2) is 54.0 Å². The van der Waals surface area contributed by atoms with Crippen LogP contribution in [0.25, 0.3) is 0 Å². The Bertz CT molecular complexity index is 822. The summed E-state index contributed by atoms with van der Waals surface area (Å²) in [5.74, 6) is 1.45. The number of amides is 1. The van der Waals surface area contributed by atoms with Crippen molar-refractivity contribution < 1.29 is 19.2 Å². The molecule has 8 heteroatoms. The normalized spacial score (nSPS) is 16.9. The molecule has 1 aromatic carbocycles. The lowest BCUT2D eigenvalue weighted by Crippen LogP contribution is -3.13. The molecule has 1 aromatic heterocycles. The molecular weight excluding hydrogens is 324 g/mol. The standard InChI is InChI=1S/C17H18N4O4/c22-16-4-2-13(18-19-16)17(23)21-7-5-20(6-8-21)10-12-1-3-14-15(9-12)25-11-24-14/h1-4,9H,5-8,10-11H2,(H,19,22)/p+1. The molecule has 2 N–H and O–H groups in total. The zero-order valence-electron chi connectivity index (χ0n) is 13.7. The Balaban J connectivity index is 1.34. The van der Waals surface area contributed by atoms with Gasteiger partial charge in [-0.15, -0.1) is 0 Å². The minimum absolute atomic E-state index is 0.140. The highest BCUT2D eigenvalue weighted by Gasteiger charge is 2.26. The number of piperazine rings is 1. The molecule has 2 aliphatic heterocycles. The van der Waals surface area contributed by atoms with Crippen LogP contribution in [0.4, 0.5) is 0 Å². The van der Waals surface area contributed by atoms with E-state index < -0.39 is 0 Å². The second-order valence-electron chi connectivity index (χ2n) is 6.21. The number of rotatable bonds is 3. The molecule has 2 aliphatic rings. The molecular formula is C17H19N4O4+. The third kappa shape index (κ3) is 3.34. The van der Waals surface area contributed by atoms with Crippen molar-refractivity contribution in [1.29, 1.82) is 0 Å². The largest absolute Gasteiger partial charge is 0.454 e. The summed E-state index contributed by atoms with van der Waals surface area (Å²) in [6.45, 7) is 4.23. The zero-order valence-corrected chi connectivity index (χ0v) is 13.7. The van der Waals surface area contributed by atoms with E-state index in [9.17, 15) is 9.59 Å². The van der Waals surface area contributed by atoms with Gasteiger partial charge in [-0.2, -0.15) is 5.10 Å². The predicted molar refractivity (Wildman–Crippen MR) is 87.7 cm³/mol. The van der Waals surface area contributed by atoms with Crippen molar-refractivity contribution in [2.24, 2.45) is 0 Å². The van der Waals surface area contributed by atoms with Gasteiger partial charge < -0.3 is 19.3 Å². The Morgan fingerprint density at radius 2 is 1.96 bits per heavy atom. The lowest BCUT2D eigenvalue weighted by atomic mass is 10.1. The molecule has 0 spiro atoms. The van der Waals surface area contributed by atoms with Crippen LogP contribution in [0, 0.1) is 0 Å². The van der Waals surface area contributed by atoms with Crippen LogP contribution in [0.3, 0.4) is 0 Å². The summed E-state index contributed by atoms with van der Waals surface area (Å²) in [6.07, 6.45) is 0. The van der Waals surface area contributed by atoms with Gasteiger partial charge in [0.25, 0.3) is 11.5 Å². The molecule has 0 bridgehead atoms. The van der Waals surface area contributed by atoms with Gasteiger partial charge in [0.1, 0.15) is 12.2 Å². The van der Waals surface area contributed by atoms with E-state index in [-0.39, 0.29) is 24.0 Å². The number of H-pyrrole nitrogens is 1. The zero-order chi connectivity index (χ0) is 17.2. The Kier molecular flexibility index (Phi) is 4.10. The minimum atomic E-state index is -0.311. The predicted octanol–water partition coefficient (Wildman–Crippen LogP) is -0.960. The van der Waals surface area contributed by atoms with E-state index in [0.717, 1.165) is 31.1 Å². The summed E-state index contributed by atoms with van der Waals surface area (Å²) < 4.78 is 10.7. The maximum absolute atomic E-state index is 12.4. The number of aromatic amines is 1. The lowest BCUT2D eigenvalue weighted by Gasteiger charge is -2.32. The van der Waals surface area contributed by atoms with Crippen LogP contribution >= 0.6 is 0 Å². The highest BCUT2D eigenvalue weighted by atomic mass is 16.7. The van der Waals surface area contributed by atoms with E-state index in [2.05, 4.69) is 16.3 Å². The van der Waals surface area contributed by atoms with Crippen molar-refractivity contribution in [2.75, 3.05) is 33.0 Å². The Labute approximate surface area is 144 Å². The van der Waals surface area contributed by atoms with Gasteiger partial charge in [-0.3, -0.25) is 9.59 Å². The number of hydrogen-bond acceptors (Lipinski definition) is 5. The summed E-state index contributed by atoms with van der Waals surface area (Å²) in [5.41, 5.74) is 1.16. The smallest absolute Gasteiger partial charge is 0.274 e. The van der Waals surface area contributed by atoms with Gasteiger partial charge in [0.15, 0.2) is 11.5 Å². The average molecular weight is 343 g/mol. The molecule has 0 saturated carbocycles. The first-order valence-corrected chi connectivity index (χ1v) is 8.26. The molecule has 3 heterocycles. The van der Waals surface area contributed by atoms with Crippen molar-refractivity contribution in [2.45, 2.75) is 6.54 Å². The van der Waals surface area contributed by atoms with Crippen LogP contribution in [0.2, 0.25) is 0 Å². The quantitative estimate of drug-likeness (QED) is 0.749. The van der Waals surface area contributed by atoms with Crippen molar-refractivity contribution >= 4 is 5.91 Å². The third-order valence-corrected chi connectivity index (χ3v) is 4.55. The van der Waals surface area contributed by atoms with E-state index in [4.69, 9.17) is 9.47 Å². The summed E-state index contributed by atoms with van der Waals surface area (Å²) in [6, 6.07) is 8.81. The molecule has 2 aromatic rings. The first-order valence-electron chi connectivity index (χ1n) is 8.26. The van der Waals surface area contributed by atoms with E-state index in [0.29, 0.717) is 13.1 Å². The number of carbonyl (C=O) groups is 1. The average Bonchev–Trinajstić information content (AvgIpc) is 3.10. The van der Waals surface area contributed by atoms with E-state index in [1.165, 1.54) is 22.6 Å². The van der Waals surface area contributed by atoms with Crippen LogP contribution in [0.5, 0.6) is 11.5 Å². The van der Waals surface area contributed by atoms with E-state index in [1.54, 1.807) is 4.90 Å². The number of hydrogen-bond donors (Lipinski definition) is 2. The molecule has 130 valence electrons. The molecule has 8 nitrogen and oxygen atoms in total.